The van der Waals surface area contributed by atoms with Crippen LogP contribution in [0, 0.1) is 0 Å². The van der Waals surface area contributed by atoms with Crippen LogP contribution in [-0.4, -0.2) is 23.3 Å². The van der Waals surface area contributed by atoms with Crippen molar-refractivity contribution in [3.8, 4) is 0 Å². The van der Waals surface area contributed by atoms with E-state index in [4.69, 9.17) is 16.3 Å². The Morgan fingerprint density at radius 1 is 1.56 bits per heavy atom. The summed E-state index contributed by atoms with van der Waals surface area (Å²) in [5.74, 6) is 0.851. The third-order valence-electron chi connectivity index (χ3n) is 2.60. The summed E-state index contributed by atoms with van der Waals surface area (Å²) in [7, 11) is 1.70. The highest BCUT2D eigenvalue weighted by Gasteiger charge is 2.09. The monoisotopic (exact) mass is 285 g/mol. The Morgan fingerprint density at radius 2 is 2.39 bits per heavy atom. The number of hydrogen-bond acceptors (Lipinski definition) is 4. The smallest absolute Gasteiger partial charge is 0.203 e. The Hall–Kier alpha value is -1.04. The molecule has 0 saturated heterocycles. The van der Waals surface area contributed by atoms with Crippen LogP contribution in [0.4, 0.5) is 5.95 Å². The molecule has 0 aromatic carbocycles. The second-order valence-corrected chi connectivity index (χ2v) is 5.82. The first-order valence-electron chi connectivity index (χ1n) is 5.70. The van der Waals surface area contributed by atoms with Crippen LogP contribution in [0.25, 0.3) is 0 Å². The molecular weight excluding hydrogens is 270 g/mol. The minimum atomic E-state index is 0.256. The molecule has 0 aliphatic carbocycles. The second-order valence-electron chi connectivity index (χ2n) is 4.02. The third kappa shape index (κ3) is 3.25. The molecule has 0 fully saturated rings. The molecule has 98 valence electrons. The molecule has 0 bridgehead atoms. The summed E-state index contributed by atoms with van der Waals surface area (Å²) in [6.45, 7) is 3.49. The van der Waals surface area contributed by atoms with E-state index in [0.717, 1.165) is 16.8 Å². The van der Waals surface area contributed by atoms with Crippen LogP contribution >= 0.6 is 22.9 Å². The van der Waals surface area contributed by atoms with Crippen molar-refractivity contribution in [2.24, 2.45) is 0 Å². The maximum Gasteiger partial charge on any atom is 0.203 e. The number of methoxy groups -OCH3 is 1. The average Bonchev–Trinajstić information content (AvgIpc) is 2.95. The molecule has 1 N–H and O–H groups in total. The van der Waals surface area contributed by atoms with Gasteiger partial charge in [-0.15, -0.1) is 11.3 Å². The van der Waals surface area contributed by atoms with E-state index < -0.39 is 0 Å². The van der Waals surface area contributed by atoms with E-state index in [0.29, 0.717) is 6.61 Å². The van der Waals surface area contributed by atoms with Crippen LogP contribution in [0.2, 0.25) is 4.34 Å². The lowest BCUT2D eigenvalue weighted by Gasteiger charge is -2.15. The van der Waals surface area contributed by atoms with Crippen LogP contribution in [0.15, 0.2) is 24.5 Å². The molecule has 1 unspecified atom stereocenters. The average molecular weight is 286 g/mol. The summed E-state index contributed by atoms with van der Waals surface area (Å²) in [4.78, 5) is 5.50. The summed E-state index contributed by atoms with van der Waals surface area (Å²) >= 11 is 7.47. The van der Waals surface area contributed by atoms with Gasteiger partial charge in [-0.1, -0.05) is 11.6 Å². The standard InChI is InChI=1S/C12H16ClN3OS/c1-9(8-17-2)16-6-5-14-12(16)15-7-10-3-4-11(13)18-10/h3-6,9H,7-8H2,1-2H3,(H,14,15). The zero-order chi connectivity index (χ0) is 13.0. The maximum absolute atomic E-state index is 5.90. The number of hydrogen-bond donors (Lipinski definition) is 1. The summed E-state index contributed by atoms with van der Waals surface area (Å²) < 4.78 is 8.03. The van der Waals surface area contributed by atoms with E-state index in [1.54, 1.807) is 24.6 Å². The molecule has 0 spiro atoms. The maximum atomic E-state index is 5.90. The molecular formula is C12H16ClN3OS. The highest BCUT2D eigenvalue weighted by Crippen LogP contribution is 2.22. The molecule has 0 radical (unpaired) electrons. The largest absolute Gasteiger partial charge is 0.383 e. The predicted molar refractivity (Wildman–Crippen MR) is 75.5 cm³/mol. The zero-order valence-electron chi connectivity index (χ0n) is 10.4. The lowest BCUT2D eigenvalue weighted by atomic mass is 10.3. The Kier molecular flexibility index (Phi) is 4.63. The van der Waals surface area contributed by atoms with Gasteiger partial charge in [-0.3, -0.25) is 0 Å². The van der Waals surface area contributed by atoms with Crippen LogP contribution in [0.5, 0.6) is 0 Å². The Morgan fingerprint density at radius 3 is 3.06 bits per heavy atom. The topological polar surface area (TPSA) is 39.1 Å². The van der Waals surface area contributed by atoms with Crippen molar-refractivity contribution < 1.29 is 4.74 Å². The molecule has 1 atom stereocenters. The molecule has 0 aliphatic heterocycles. The van der Waals surface area contributed by atoms with Crippen molar-refractivity contribution in [1.82, 2.24) is 9.55 Å². The van der Waals surface area contributed by atoms with Gasteiger partial charge in [0.2, 0.25) is 5.95 Å². The second kappa shape index (κ2) is 6.22. The molecule has 4 nitrogen and oxygen atoms in total. The molecule has 2 aromatic rings. The minimum absolute atomic E-state index is 0.256. The quantitative estimate of drug-likeness (QED) is 0.884. The fourth-order valence-electron chi connectivity index (χ4n) is 1.74. The summed E-state index contributed by atoms with van der Waals surface area (Å²) in [5.41, 5.74) is 0. The SMILES string of the molecule is COCC(C)n1ccnc1NCc1ccc(Cl)s1. The number of aromatic nitrogens is 2. The van der Waals surface area contributed by atoms with E-state index in [1.165, 1.54) is 4.88 Å². The zero-order valence-corrected chi connectivity index (χ0v) is 12.0. The van der Waals surface area contributed by atoms with Crippen LogP contribution in [-0.2, 0) is 11.3 Å². The van der Waals surface area contributed by atoms with E-state index >= 15 is 0 Å². The van der Waals surface area contributed by atoms with Gasteiger partial charge >= 0.3 is 0 Å². The van der Waals surface area contributed by atoms with E-state index in [2.05, 4.69) is 21.8 Å². The van der Waals surface area contributed by atoms with Crippen molar-refractivity contribution in [3.05, 3.63) is 33.7 Å². The highest BCUT2D eigenvalue weighted by atomic mass is 35.5. The van der Waals surface area contributed by atoms with Gasteiger partial charge in [-0.25, -0.2) is 4.98 Å². The molecule has 18 heavy (non-hydrogen) atoms. The Bertz CT molecular complexity index is 497. The predicted octanol–water partition coefficient (Wildman–Crippen LogP) is 3.42. The Labute approximate surface area is 116 Å². The van der Waals surface area contributed by atoms with E-state index in [9.17, 15) is 0 Å². The molecule has 0 amide bonds. The van der Waals surface area contributed by atoms with Crippen molar-refractivity contribution in [3.63, 3.8) is 0 Å². The highest BCUT2D eigenvalue weighted by molar-refractivity contribution is 7.16. The van der Waals surface area contributed by atoms with E-state index in [1.807, 2.05) is 18.3 Å². The van der Waals surface area contributed by atoms with Crippen LogP contribution in [0.1, 0.15) is 17.8 Å². The molecule has 2 heterocycles. The summed E-state index contributed by atoms with van der Waals surface area (Å²) in [5, 5.41) is 3.31. The number of halogens is 1. The number of imidazole rings is 1. The van der Waals surface area contributed by atoms with E-state index in [-0.39, 0.29) is 6.04 Å². The fourth-order valence-corrected chi connectivity index (χ4v) is 2.77. The molecule has 0 aliphatic rings. The van der Waals surface area contributed by atoms with Gasteiger partial charge in [0.25, 0.3) is 0 Å². The van der Waals surface area contributed by atoms with Crippen LogP contribution < -0.4 is 5.32 Å². The molecule has 2 aromatic heterocycles. The first-order chi connectivity index (χ1) is 8.70. The normalized spacial score (nSPS) is 12.6. The van der Waals surface area contributed by atoms with Gasteiger partial charge in [-0.05, 0) is 19.1 Å². The minimum Gasteiger partial charge on any atom is -0.383 e. The fraction of sp³-hybridized carbons (Fsp3) is 0.417. The summed E-state index contributed by atoms with van der Waals surface area (Å²) in [6, 6.07) is 4.18. The lowest BCUT2D eigenvalue weighted by molar-refractivity contribution is 0.163. The number of thiophene rings is 1. The van der Waals surface area contributed by atoms with Gasteiger partial charge in [-0.2, -0.15) is 0 Å². The van der Waals surface area contributed by atoms with Crippen LogP contribution in [0.3, 0.4) is 0 Å². The van der Waals surface area contributed by atoms with Gasteiger partial charge in [0.15, 0.2) is 0 Å². The molecule has 2 rings (SSSR count). The van der Waals surface area contributed by atoms with Crippen molar-refractivity contribution in [1.29, 1.82) is 0 Å². The van der Waals surface area contributed by atoms with Gasteiger partial charge in [0, 0.05) is 24.4 Å². The number of nitrogens with zero attached hydrogens (tertiary/aromatic N) is 2. The lowest BCUT2D eigenvalue weighted by Crippen LogP contribution is -2.14. The number of nitrogens with one attached hydrogen (secondary N) is 1. The first-order valence-corrected chi connectivity index (χ1v) is 6.90. The van der Waals surface area contributed by atoms with Gasteiger partial charge < -0.3 is 14.6 Å². The Balaban J connectivity index is 1.99. The number of ether oxygens (including phenoxy) is 1. The van der Waals surface area contributed by atoms with Gasteiger partial charge in [0.1, 0.15) is 0 Å². The third-order valence-corrected chi connectivity index (χ3v) is 3.83. The number of rotatable bonds is 6. The van der Waals surface area contributed by atoms with Crippen molar-refractivity contribution in [2.75, 3.05) is 19.0 Å². The molecule has 0 saturated carbocycles. The first kappa shape index (κ1) is 13.4. The molecule has 6 heteroatoms. The van der Waals surface area contributed by atoms with Crippen molar-refractivity contribution in [2.45, 2.75) is 19.5 Å². The van der Waals surface area contributed by atoms with Crippen molar-refractivity contribution >= 4 is 28.9 Å². The number of anilines is 1. The summed E-state index contributed by atoms with van der Waals surface area (Å²) in [6.07, 6.45) is 3.74. The van der Waals surface area contributed by atoms with Gasteiger partial charge in [0.05, 0.1) is 23.5 Å².